The molecule has 1 amide bonds. The van der Waals surface area contributed by atoms with Crippen molar-refractivity contribution in [3.05, 3.63) is 70.6 Å². The third kappa shape index (κ3) is 4.04. The van der Waals surface area contributed by atoms with Crippen molar-refractivity contribution in [1.29, 1.82) is 0 Å². The van der Waals surface area contributed by atoms with Gasteiger partial charge in [-0.2, -0.15) is 11.8 Å². The lowest BCUT2D eigenvalue weighted by atomic mass is 10.1. The first-order chi connectivity index (χ1) is 13.2. The van der Waals surface area contributed by atoms with Gasteiger partial charge in [-0.1, -0.05) is 0 Å². The molecule has 4 rings (SSSR count). The zero-order valence-electron chi connectivity index (χ0n) is 14.6. The van der Waals surface area contributed by atoms with Crippen LogP contribution in [0, 0.1) is 5.82 Å². The van der Waals surface area contributed by atoms with E-state index in [1.54, 1.807) is 23.5 Å². The predicted octanol–water partition coefficient (Wildman–Crippen LogP) is 4.28. The summed E-state index contributed by atoms with van der Waals surface area (Å²) in [4.78, 5) is 14.2. The SMILES string of the molecule is O=C(NCCOc1ccc(F)cc1)c1c(-n2cccc2)sc2c1CCSC2. The van der Waals surface area contributed by atoms with Gasteiger partial charge >= 0.3 is 0 Å². The lowest BCUT2D eigenvalue weighted by molar-refractivity contribution is 0.0946. The number of benzene rings is 1. The molecular formula is C20H19FN2O2S2. The Morgan fingerprint density at radius 3 is 2.78 bits per heavy atom. The van der Waals surface area contributed by atoms with Gasteiger partial charge in [0.15, 0.2) is 0 Å². The van der Waals surface area contributed by atoms with Crippen molar-refractivity contribution in [2.75, 3.05) is 18.9 Å². The Kier molecular flexibility index (Phi) is 5.50. The fraction of sp³-hybridized carbons (Fsp3) is 0.250. The maximum Gasteiger partial charge on any atom is 0.254 e. The lowest BCUT2D eigenvalue weighted by Gasteiger charge is -2.13. The molecular weight excluding hydrogens is 383 g/mol. The number of rotatable bonds is 6. The highest BCUT2D eigenvalue weighted by molar-refractivity contribution is 7.98. The normalized spacial score (nSPS) is 13.2. The minimum absolute atomic E-state index is 0.0641. The van der Waals surface area contributed by atoms with Crippen molar-refractivity contribution in [1.82, 2.24) is 9.88 Å². The molecule has 0 unspecified atom stereocenters. The second-order valence-corrected chi connectivity index (χ2v) is 8.32. The monoisotopic (exact) mass is 402 g/mol. The molecule has 27 heavy (non-hydrogen) atoms. The topological polar surface area (TPSA) is 43.3 Å². The van der Waals surface area contributed by atoms with Gasteiger partial charge < -0.3 is 14.6 Å². The van der Waals surface area contributed by atoms with Crippen LogP contribution in [-0.2, 0) is 12.2 Å². The van der Waals surface area contributed by atoms with Crippen molar-refractivity contribution in [3.63, 3.8) is 0 Å². The minimum Gasteiger partial charge on any atom is -0.492 e. The minimum atomic E-state index is -0.298. The van der Waals surface area contributed by atoms with E-state index in [9.17, 15) is 9.18 Å². The van der Waals surface area contributed by atoms with Crippen LogP contribution in [-0.4, -0.2) is 29.4 Å². The van der Waals surface area contributed by atoms with Crippen LogP contribution in [0.15, 0.2) is 48.8 Å². The Balaban J connectivity index is 1.45. The maximum absolute atomic E-state index is 12.9. The molecule has 140 valence electrons. The Morgan fingerprint density at radius 2 is 2.00 bits per heavy atom. The van der Waals surface area contributed by atoms with Gasteiger partial charge in [-0.05, 0) is 54.1 Å². The van der Waals surface area contributed by atoms with Crippen LogP contribution < -0.4 is 10.1 Å². The number of aromatic nitrogens is 1. The number of thioether (sulfide) groups is 1. The Bertz CT molecular complexity index is 920. The number of hydrogen-bond donors (Lipinski definition) is 1. The van der Waals surface area contributed by atoms with E-state index in [-0.39, 0.29) is 11.7 Å². The molecule has 0 aliphatic carbocycles. The molecule has 2 aromatic heterocycles. The highest BCUT2D eigenvalue weighted by Crippen LogP contribution is 2.38. The van der Waals surface area contributed by atoms with Crippen LogP contribution in [0.4, 0.5) is 4.39 Å². The lowest BCUT2D eigenvalue weighted by Crippen LogP contribution is -2.29. The van der Waals surface area contributed by atoms with Gasteiger partial charge in [0.1, 0.15) is 23.2 Å². The maximum atomic E-state index is 12.9. The van der Waals surface area contributed by atoms with Crippen molar-refractivity contribution in [3.8, 4) is 10.8 Å². The largest absolute Gasteiger partial charge is 0.492 e. The first-order valence-electron chi connectivity index (χ1n) is 8.74. The van der Waals surface area contributed by atoms with Gasteiger partial charge in [0, 0.05) is 23.0 Å². The van der Waals surface area contributed by atoms with Crippen molar-refractivity contribution in [2.24, 2.45) is 0 Å². The molecule has 1 aromatic carbocycles. The zero-order valence-corrected chi connectivity index (χ0v) is 16.2. The molecule has 3 aromatic rings. The zero-order chi connectivity index (χ0) is 18.6. The average Bonchev–Trinajstić information content (AvgIpc) is 3.34. The second-order valence-electron chi connectivity index (χ2n) is 6.14. The first kappa shape index (κ1) is 18.1. The van der Waals surface area contributed by atoms with Crippen molar-refractivity contribution < 1.29 is 13.9 Å². The van der Waals surface area contributed by atoms with Gasteiger partial charge in [0.2, 0.25) is 0 Å². The summed E-state index contributed by atoms with van der Waals surface area (Å²) in [6.07, 6.45) is 4.87. The molecule has 0 saturated heterocycles. The fourth-order valence-electron chi connectivity index (χ4n) is 3.06. The van der Waals surface area contributed by atoms with Crippen LogP contribution in [0.5, 0.6) is 5.75 Å². The van der Waals surface area contributed by atoms with E-state index in [0.29, 0.717) is 18.9 Å². The van der Waals surface area contributed by atoms with E-state index >= 15 is 0 Å². The van der Waals surface area contributed by atoms with E-state index in [1.165, 1.54) is 22.6 Å². The smallest absolute Gasteiger partial charge is 0.254 e. The first-order valence-corrected chi connectivity index (χ1v) is 10.7. The fourth-order valence-corrected chi connectivity index (χ4v) is 5.50. The highest BCUT2D eigenvalue weighted by Gasteiger charge is 2.26. The summed E-state index contributed by atoms with van der Waals surface area (Å²) >= 11 is 3.61. The number of thiophene rings is 1. The number of fused-ring (bicyclic) bond motifs is 1. The summed E-state index contributed by atoms with van der Waals surface area (Å²) in [5, 5.41) is 3.94. The van der Waals surface area contributed by atoms with Crippen LogP contribution in [0.2, 0.25) is 0 Å². The standard InChI is InChI=1S/C20H19FN2O2S2/c21-14-3-5-15(6-4-14)25-11-8-22-19(24)18-16-7-12-26-13-17(16)27-20(18)23-9-1-2-10-23/h1-6,9-10H,7-8,11-13H2,(H,22,24). The molecule has 3 heterocycles. The van der Waals surface area contributed by atoms with Crippen LogP contribution >= 0.6 is 23.1 Å². The molecule has 4 nitrogen and oxygen atoms in total. The van der Waals surface area contributed by atoms with Gasteiger partial charge in [0.05, 0.1) is 12.1 Å². The molecule has 0 spiro atoms. The Labute approximate surface area is 165 Å². The van der Waals surface area contributed by atoms with Crippen molar-refractivity contribution >= 4 is 29.0 Å². The van der Waals surface area contributed by atoms with Gasteiger partial charge in [0.25, 0.3) is 5.91 Å². The quantitative estimate of drug-likeness (QED) is 0.626. The Morgan fingerprint density at radius 1 is 1.22 bits per heavy atom. The predicted molar refractivity (Wildman–Crippen MR) is 108 cm³/mol. The molecule has 7 heteroatoms. The number of amides is 1. The van der Waals surface area contributed by atoms with Crippen LogP contribution in [0.1, 0.15) is 20.8 Å². The van der Waals surface area contributed by atoms with E-state index in [2.05, 4.69) is 5.32 Å². The number of hydrogen-bond acceptors (Lipinski definition) is 4. The van der Waals surface area contributed by atoms with Gasteiger partial charge in [-0.3, -0.25) is 4.79 Å². The third-order valence-electron chi connectivity index (χ3n) is 4.34. The molecule has 0 bridgehead atoms. The number of nitrogens with zero attached hydrogens (tertiary/aromatic N) is 1. The summed E-state index contributed by atoms with van der Waals surface area (Å²) in [5.41, 5.74) is 1.97. The average molecular weight is 403 g/mol. The summed E-state index contributed by atoms with van der Waals surface area (Å²) in [7, 11) is 0. The molecule has 0 radical (unpaired) electrons. The highest BCUT2D eigenvalue weighted by atomic mass is 32.2. The summed E-state index contributed by atoms with van der Waals surface area (Å²) in [5.74, 6) is 2.24. The number of ether oxygens (including phenoxy) is 1. The molecule has 0 fully saturated rings. The van der Waals surface area contributed by atoms with E-state index in [1.807, 2.05) is 40.9 Å². The summed E-state index contributed by atoms with van der Waals surface area (Å²) in [6, 6.07) is 9.79. The Hall–Kier alpha value is -2.25. The van der Waals surface area contributed by atoms with Gasteiger partial charge in [-0.25, -0.2) is 4.39 Å². The molecule has 0 saturated carbocycles. The number of halogens is 1. The number of carbonyl (C=O) groups is 1. The molecule has 1 aliphatic heterocycles. The molecule has 1 N–H and O–H groups in total. The third-order valence-corrected chi connectivity index (χ3v) is 6.75. The van der Waals surface area contributed by atoms with Crippen LogP contribution in [0.3, 0.4) is 0 Å². The number of nitrogens with one attached hydrogen (secondary N) is 1. The molecule has 0 atom stereocenters. The van der Waals surface area contributed by atoms with E-state index in [4.69, 9.17) is 4.74 Å². The van der Waals surface area contributed by atoms with Crippen molar-refractivity contribution in [2.45, 2.75) is 12.2 Å². The van der Waals surface area contributed by atoms with E-state index in [0.717, 1.165) is 28.5 Å². The second kappa shape index (κ2) is 8.19. The van der Waals surface area contributed by atoms with Gasteiger partial charge in [-0.15, -0.1) is 11.3 Å². The summed E-state index contributed by atoms with van der Waals surface area (Å²) < 4.78 is 20.5. The summed E-state index contributed by atoms with van der Waals surface area (Å²) in [6.45, 7) is 0.721. The van der Waals surface area contributed by atoms with E-state index < -0.39 is 0 Å². The number of carbonyl (C=O) groups excluding carboxylic acids is 1. The van der Waals surface area contributed by atoms with Crippen LogP contribution in [0.25, 0.3) is 5.00 Å². The molecule has 1 aliphatic rings.